The van der Waals surface area contributed by atoms with E-state index >= 15 is 0 Å². The number of methoxy groups -OCH3 is 1. The highest BCUT2D eigenvalue weighted by molar-refractivity contribution is 7.85. The molecule has 168 valence electrons. The Hall–Kier alpha value is -3.16. The Morgan fingerprint density at radius 1 is 0.875 bits per heavy atom. The molecule has 1 N–H and O–H groups in total. The Kier molecular flexibility index (Phi) is 7.66. The second-order valence-electron chi connectivity index (χ2n) is 7.54. The smallest absolute Gasteiger partial charge is 0.264 e. The minimum absolute atomic E-state index is 0.0551. The minimum atomic E-state index is -3.97. The van der Waals surface area contributed by atoms with Gasteiger partial charge in [-0.15, -0.1) is 0 Å². The summed E-state index contributed by atoms with van der Waals surface area (Å²) in [4.78, 5) is 12.7. The van der Waals surface area contributed by atoms with Crippen molar-refractivity contribution in [2.75, 3.05) is 12.9 Å². The van der Waals surface area contributed by atoms with Gasteiger partial charge in [0.1, 0.15) is 17.2 Å². The Bertz CT molecular complexity index is 1170. The molecule has 0 aliphatic carbocycles. The summed E-state index contributed by atoms with van der Waals surface area (Å²) in [5, 5.41) is 0. The first kappa shape index (κ1) is 23.5. The molecule has 0 spiro atoms. The second kappa shape index (κ2) is 10.4. The molecule has 0 aliphatic heterocycles. The quantitative estimate of drug-likeness (QED) is 0.256. The summed E-state index contributed by atoms with van der Waals surface area (Å²) >= 11 is 0. The van der Waals surface area contributed by atoms with Gasteiger partial charge in [0.05, 0.1) is 12.9 Å². The van der Waals surface area contributed by atoms with E-state index in [1.54, 1.807) is 43.5 Å². The molecule has 0 heterocycles. The molecule has 0 amide bonds. The van der Waals surface area contributed by atoms with Gasteiger partial charge in [0.25, 0.3) is 10.1 Å². The van der Waals surface area contributed by atoms with Crippen LogP contribution in [0, 0.1) is 6.92 Å². The third kappa shape index (κ3) is 6.67. The van der Waals surface area contributed by atoms with E-state index in [1.165, 1.54) is 0 Å². The topological polar surface area (TPSA) is 89.9 Å². The van der Waals surface area contributed by atoms with Gasteiger partial charge >= 0.3 is 0 Å². The lowest BCUT2D eigenvalue weighted by Gasteiger charge is -2.13. The van der Waals surface area contributed by atoms with Crippen molar-refractivity contribution >= 4 is 15.9 Å². The standard InChI is InChI=1S/C25H26O6S/c1-18-6-8-19(9-7-18)25(26)20-10-12-22(13-11-20)31-24-15-14-23(30-2)17-21(24)5-3-4-16-32(27,28)29/h6-15,17H,3-5,16H2,1-2H3,(H,27,28,29). The lowest BCUT2D eigenvalue weighted by molar-refractivity contribution is 0.103. The SMILES string of the molecule is COc1ccc(Oc2ccc(C(=O)c3ccc(C)cc3)cc2)c(CCCCS(=O)(=O)O)c1. The number of hydrogen-bond donors (Lipinski definition) is 1. The van der Waals surface area contributed by atoms with Crippen molar-refractivity contribution in [3.05, 3.63) is 89.0 Å². The summed E-state index contributed by atoms with van der Waals surface area (Å²) in [6, 6.07) is 19.8. The van der Waals surface area contributed by atoms with Crippen LogP contribution >= 0.6 is 0 Å². The fourth-order valence-electron chi connectivity index (χ4n) is 3.25. The fourth-order valence-corrected chi connectivity index (χ4v) is 3.82. The number of rotatable bonds is 10. The zero-order chi connectivity index (χ0) is 23.1. The zero-order valence-corrected chi connectivity index (χ0v) is 18.9. The first-order valence-electron chi connectivity index (χ1n) is 10.3. The number of ketones is 1. The van der Waals surface area contributed by atoms with Gasteiger partial charge in [-0.1, -0.05) is 29.8 Å². The fraction of sp³-hybridized carbons (Fsp3) is 0.240. The number of hydrogen-bond acceptors (Lipinski definition) is 5. The highest BCUT2D eigenvalue weighted by Crippen LogP contribution is 2.30. The largest absolute Gasteiger partial charge is 0.497 e. The third-order valence-corrected chi connectivity index (χ3v) is 5.83. The van der Waals surface area contributed by atoms with Crippen LogP contribution in [0.5, 0.6) is 17.2 Å². The molecule has 0 unspecified atom stereocenters. The molecule has 6 nitrogen and oxygen atoms in total. The van der Waals surface area contributed by atoms with Crippen LogP contribution in [0.4, 0.5) is 0 Å². The highest BCUT2D eigenvalue weighted by atomic mass is 32.2. The predicted octanol–water partition coefficient (Wildman–Crippen LogP) is 5.24. The van der Waals surface area contributed by atoms with Gasteiger partial charge in [0.2, 0.25) is 0 Å². The Balaban J connectivity index is 1.71. The lowest BCUT2D eigenvalue weighted by atomic mass is 10.0. The van der Waals surface area contributed by atoms with Gasteiger partial charge in [0, 0.05) is 11.1 Å². The van der Waals surface area contributed by atoms with Gasteiger partial charge in [-0.2, -0.15) is 8.42 Å². The van der Waals surface area contributed by atoms with Gasteiger partial charge < -0.3 is 9.47 Å². The number of carbonyl (C=O) groups excluding carboxylic acids is 1. The van der Waals surface area contributed by atoms with Gasteiger partial charge in [-0.3, -0.25) is 9.35 Å². The van der Waals surface area contributed by atoms with E-state index in [1.807, 2.05) is 37.3 Å². The van der Waals surface area contributed by atoms with Crippen LogP contribution in [0.1, 0.15) is 39.9 Å². The molecule has 0 radical (unpaired) electrons. The normalized spacial score (nSPS) is 11.2. The molecular formula is C25H26O6S. The Labute approximate surface area is 188 Å². The van der Waals surface area contributed by atoms with Crippen molar-refractivity contribution in [2.45, 2.75) is 26.2 Å². The summed E-state index contributed by atoms with van der Waals surface area (Å²) in [7, 11) is -2.40. The van der Waals surface area contributed by atoms with Crippen molar-refractivity contribution in [1.29, 1.82) is 0 Å². The van der Waals surface area contributed by atoms with Crippen molar-refractivity contribution in [3.8, 4) is 17.2 Å². The molecule has 0 aromatic heterocycles. The summed E-state index contributed by atoms with van der Waals surface area (Å²) in [6.45, 7) is 1.97. The van der Waals surface area contributed by atoms with Crippen molar-refractivity contribution in [2.24, 2.45) is 0 Å². The van der Waals surface area contributed by atoms with Crippen molar-refractivity contribution in [3.63, 3.8) is 0 Å². The maximum Gasteiger partial charge on any atom is 0.264 e. The molecule has 32 heavy (non-hydrogen) atoms. The van der Waals surface area contributed by atoms with Crippen LogP contribution in [0.15, 0.2) is 66.7 Å². The number of benzene rings is 3. The molecule has 0 bridgehead atoms. The van der Waals surface area contributed by atoms with Crippen LogP contribution in [-0.2, 0) is 16.5 Å². The number of ether oxygens (including phenoxy) is 2. The van der Waals surface area contributed by atoms with Crippen LogP contribution in [-0.4, -0.2) is 31.6 Å². The Morgan fingerprint density at radius 3 is 2.06 bits per heavy atom. The van der Waals surface area contributed by atoms with Gasteiger partial charge in [-0.25, -0.2) is 0 Å². The minimum Gasteiger partial charge on any atom is -0.497 e. The monoisotopic (exact) mass is 454 g/mol. The van der Waals surface area contributed by atoms with E-state index in [0.717, 1.165) is 11.1 Å². The molecular weight excluding hydrogens is 428 g/mol. The average molecular weight is 455 g/mol. The molecule has 0 saturated carbocycles. The van der Waals surface area contributed by atoms with E-state index in [2.05, 4.69) is 0 Å². The molecule has 0 fully saturated rings. The van der Waals surface area contributed by atoms with Crippen LogP contribution in [0.2, 0.25) is 0 Å². The van der Waals surface area contributed by atoms with Crippen LogP contribution in [0.3, 0.4) is 0 Å². The average Bonchev–Trinajstić information content (AvgIpc) is 2.77. The molecule has 0 aliphatic rings. The Morgan fingerprint density at radius 2 is 1.47 bits per heavy atom. The molecule has 3 aromatic carbocycles. The maximum atomic E-state index is 12.7. The van der Waals surface area contributed by atoms with Gasteiger partial charge in [0.15, 0.2) is 5.78 Å². The van der Waals surface area contributed by atoms with E-state index < -0.39 is 10.1 Å². The van der Waals surface area contributed by atoms with Crippen LogP contribution < -0.4 is 9.47 Å². The van der Waals surface area contributed by atoms with Crippen molar-refractivity contribution in [1.82, 2.24) is 0 Å². The van der Waals surface area contributed by atoms with Crippen molar-refractivity contribution < 1.29 is 27.2 Å². The van der Waals surface area contributed by atoms with E-state index in [4.69, 9.17) is 14.0 Å². The molecule has 3 aromatic rings. The van der Waals surface area contributed by atoms with E-state index in [0.29, 0.717) is 47.6 Å². The number of unbranched alkanes of at least 4 members (excludes halogenated alkanes) is 1. The van der Waals surface area contributed by atoms with E-state index in [-0.39, 0.29) is 11.5 Å². The highest BCUT2D eigenvalue weighted by Gasteiger charge is 2.12. The summed E-state index contributed by atoms with van der Waals surface area (Å²) in [5.41, 5.74) is 3.16. The first-order valence-corrected chi connectivity index (χ1v) is 11.9. The van der Waals surface area contributed by atoms with Gasteiger partial charge in [-0.05, 0) is 74.2 Å². The number of carbonyl (C=O) groups is 1. The summed E-state index contributed by atoms with van der Waals surface area (Å²) in [5.74, 6) is 1.54. The first-order chi connectivity index (χ1) is 15.2. The maximum absolute atomic E-state index is 12.7. The molecule has 0 saturated heterocycles. The third-order valence-electron chi connectivity index (χ3n) is 5.02. The molecule has 7 heteroatoms. The summed E-state index contributed by atoms with van der Waals surface area (Å²) in [6.07, 6.45) is 1.46. The van der Waals surface area contributed by atoms with Crippen LogP contribution in [0.25, 0.3) is 0 Å². The number of aryl methyl sites for hydroxylation is 2. The predicted molar refractivity (Wildman–Crippen MR) is 123 cm³/mol. The lowest BCUT2D eigenvalue weighted by Crippen LogP contribution is -2.04. The summed E-state index contributed by atoms with van der Waals surface area (Å²) < 4.78 is 42.0. The second-order valence-corrected chi connectivity index (χ2v) is 9.11. The van der Waals surface area contributed by atoms with E-state index in [9.17, 15) is 13.2 Å². The zero-order valence-electron chi connectivity index (χ0n) is 18.1. The molecule has 0 atom stereocenters. The molecule has 3 rings (SSSR count).